The Balaban J connectivity index is 2.05. The summed E-state index contributed by atoms with van der Waals surface area (Å²) in [4.78, 5) is 11.9. The van der Waals surface area contributed by atoms with Crippen molar-refractivity contribution >= 4 is 28.1 Å². The Hall–Kier alpha value is -2.72. The van der Waals surface area contributed by atoms with Crippen LogP contribution in [0.5, 0.6) is 5.75 Å². The predicted molar refractivity (Wildman–Crippen MR) is 91.5 cm³/mol. The summed E-state index contributed by atoms with van der Waals surface area (Å²) in [6, 6.07) is 10.7. The summed E-state index contributed by atoms with van der Waals surface area (Å²) in [6.45, 7) is 2.44. The molecule has 2 rings (SSSR count). The molecule has 0 aliphatic carbocycles. The van der Waals surface area contributed by atoms with Crippen molar-refractivity contribution in [2.75, 3.05) is 6.61 Å². The fraction of sp³-hybridized carbons (Fsp3) is 0.118. The summed E-state index contributed by atoms with van der Waals surface area (Å²) in [6.07, 6.45) is 1.43. The molecule has 5 nitrogen and oxygen atoms in total. The van der Waals surface area contributed by atoms with Crippen molar-refractivity contribution in [1.82, 2.24) is 5.43 Å². The molecule has 0 saturated carbocycles. The second-order valence-corrected chi connectivity index (χ2v) is 5.48. The van der Waals surface area contributed by atoms with Crippen LogP contribution in [0.2, 0.25) is 0 Å². The van der Waals surface area contributed by atoms with Gasteiger partial charge in [0.2, 0.25) is 0 Å². The standard InChI is InChI=1S/C17H13BrFN3O2/c1-2-24-16-6-4-12(7-14(16)18)10-21-22-17(23)13-5-3-11(9-20)8-15(13)19/h3-8,10H,2H2,1H3,(H,22,23)/b21-10-. The molecule has 0 fully saturated rings. The van der Waals surface area contributed by atoms with Gasteiger partial charge in [0.15, 0.2) is 0 Å². The van der Waals surface area contributed by atoms with Crippen LogP contribution in [0.15, 0.2) is 46.0 Å². The third kappa shape index (κ3) is 4.40. The van der Waals surface area contributed by atoms with E-state index in [2.05, 4.69) is 26.5 Å². The van der Waals surface area contributed by atoms with Gasteiger partial charge in [0, 0.05) is 0 Å². The van der Waals surface area contributed by atoms with Crippen LogP contribution in [0, 0.1) is 17.1 Å². The summed E-state index contributed by atoms with van der Waals surface area (Å²) < 4.78 is 19.9. The number of nitrogens with zero attached hydrogens (tertiary/aromatic N) is 2. The molecule has 0 saturated heterocycles. The van der Waals surface area contributed by atoms with E-state index < -0.39 is 11.7 Å². The van der Waals surface area contributed by atoms with Gasteiger partial charge in [0.05, 0.1) is 34.5 Å². The van der Waals surface area contributed by atoms with E-state index >= 15 is 0 Å². The Morgan fingerprint density at radius 1 is 1.42 bits per heavy atom. The minimum absolute atomic E-state index is 0.145. The number of halogens is 2. The number of carbonyl (C=O) groups is 1. The van der Waals surface area contributed by atoms with Crippen LogP contribution in [-0.4, -0.2) is 18.7 Å². The van der Waals surface area contributed by atoms with Crippen molar-refractivity contribution < 1.29 is 13.9 Å². The second kappa shape index (κ2) is 8.22. The average molecular weight is 390 g/mol. The van der Waals surface area contributed by atoms with Gasteiger partial charge in [-0.15, -0.1) is 0 Å². The van der Waals surface area contributed by atoms with Crippen molar-refractivity contribution in [2.45, 2.75) is 6.92 Å². The van der Waals surface area contributed by atoms with Crippen molar-refractivity contribution in [1.29, 1.82) is 5.26 Å². The van der Waals surface area contributed by atoms with Crippen LogP contribution in [0.3, 0.4) is 0 Å². The Bertz CT molecular complexity index is 831. The third-order valence-corrected chi connectivity index (χ3v) is 3.60. The van der Waals surface area contributed by atoms with E-state index in [9.17, 15) is 9.18 Å². The first-order valence-corrected chi connectivity index (χ1v) is 7.80. The number of hydrazone groups is 1. The number of hydrogen-bond donors (Lipinski definition) is 1. The van der Waals surface area contributed by atoms with Gasteiger partial charge in [-0.2, -0.15) is 10.4 Å². The SMILES string of the molecule is CCOc1ccc(/C=N\NC(=O)c2ccc(C#N)cc2F)cc1Br. The molecular weight excluding hydrogens is 377 g/mol. The van der Waals surface area contributed by atoms with Crippen molar-refractivity contribution in [2.24, 2.45) is 5.10 Å². The van der Waals surface area contributed by atoms with E-state index in [-0.39, 0.29) is 11.1 Å². The summed E-state index contributed by atoms with van der Waals surface area (Å²) in [5.41, 5.74) is 2.94. The highest BCUT2D eigenvalue weighted by molar-refractivity contribution is 9.10. The van der Waals surface area contributed by atoms with Gasteiger partial charge in [-0.3, -0.25) is 4.79 Å². The third-order valence-electron chi connectivity index (χ3n) is 2.98. The average Bonchev–Trinajstić information content (AvgIpc) is 2.57. The number of nitrogens with one attached hydrogen (secondary N) is 1. The molecule has 1 amide bonds. The van der Waals surface area contributed by atoms with Crippen molar-refractivity contribution in [3.63, 3.8) is 0 Å². The molecule has 0 aliphatic rings. The van der Waals surface area contributed by atoms with Gasteiger partial charge in [-0.1, -0.05) is 0 Å². The number of ether oxygens (including phenoxy) is 1. The zero-order valence-corrected chi connectivity index (χ0v) is 14.3. The summed E-state index contributed by atoms with van der Waals surface area (Å²) in [5, 5.41) is 12.5. The Morgan fingerprint density at radius 3 is 2.83 bits per heavy atom. The lowest BCUT2D eigenvalue weighted by atomic mass is 10.1. The quantitative estimate of drug-likeness (QED) is 0.626. The lowest BCUT2D eigenvalue weighted by Crippen LogP contribution is -2.19. The van der Waals surface area contributed by atoms with Gasteiger partial charge in [0.25, 0.3) is 5.91 Å². The first-order valence-electron chi connectivity index (χ1n) is 7.00. The van der Waals surface area contributed by atoms with Gasteiger partial charge in [-0.05, 0) is 64.8 Å². The lowest BCUT2D eigenvalue weighted by molar-refractivity contribution is 0.0951. The fourth-order valence-corrected chi connectivity index (χ4v) is 2.38. The van der Waals surface area contributed by atoms with Crippen LogP contribution in [0.4, 0.5) is 4.39 Å². The maximum absolute atomic E-state index is 13.7. The summed E-state index contributed by atoms with van der Waals surface area (Å²) in [7, 11) is 0. The van der Waals surface area contributed by atoms with Gasteiger partial charge in [-0.25, -0.2) is 9.82 Å². The van der Waals surface area contributed by atoms with E-state index in [1.807, 2.05) is 6.92 Å². The number of rotatable bonds is 5. The molecule has 0 aromatic heterocycles. The maximum Gasteiger partial charge on any atom is 0.274 e. The molecule has 2 aromatic carbocycles. The van der Waals surface area contributed by atoms with E-state index in [1.54, 1.807) is 24.3 Å². The summed E-state index contributed by atoms with van der Waals surface area (Å²) >= 11 is 3.38. The van der Waals surface area contributed by atoms with Gasteiger partial charge in [0.1, 0.15) is 11.6 Å². The van der Waals surface area contributed by atoms with Crippen LogP contribution >= 0.6 is 15.9 Å². The highest BCUT2D eigenvalue weighted by atomic mass is 79.9. The molecule has 0 spiro atoms. The second-order valence-electron chi connectivity index (χ2n) is 4.63. The largest absolute Gasteiger partial charge is 0.493 e. The Kier molecular flexibility index (Phi) is 6.04. The molecule has 2 aromatic rings. The molecule has 122 valence electrons. The zero-order valence-electron chi connectivity index (χ0n) is 12.7. The molecule has 0 atom stereocenters. The summed E-state index contributed by atoms with van der Waals surface area (Å²) in [5.74, 6) is -0.762. The molecule has 0 heterocycles. The first-order chi connectivity index (χ1) is 11.5. The maximum atomic E-state index is 13.7. The van der Waals surface area contributed by atoms with Crippen LogP contribution in [0.1, 0.15) is 28.4 Å². The molecule has 0 aliphatic heterocycles. The highest BCUT2D eigenvalue weighted by Crippen LogP contribution is 2.25. The van der Waals surface area contributed by atoms with Crippen LogP contribution < -0.4 is 10.2 Å². The topological polar surface area (TPSA) is 74.5 Å². The molecule has 7 heteroatoms. The van der Waals surface area contributed by atoms with Gasteiger partial charge < -0.3 is 4.74 Å². The molecule has 0 unspecified atom stereocenters. The smallest absolute Gasteiger partial charge is 0.274 e. The van der Waals surface area contributed by atoms with Crippen LogP contribution in [0.25, 0.3) is 0 Å². The molecule has 24 heavy (non-hydrogen) atoms. The number of hydrogen-bond acceptors (Lipinski definition) is 4. The van der Waals surface area contributed by atoms with E-state index in [4.69, 9.17) is 10.00 Å². The number of amides is 1. The minimum Gasteiger partial charge on any atom is -0.493 e. The monoisotopic (exact) mass is 389 g/mol. The molecule has 0 radical (unpaired) electrons. The highest BCUT2D eigenvalue weighted by Gasteiger charge is 2.11. The Morgan fingerprint density at radius 2 is 2.21 bits per heavy atom. The van der Waals surface area contributed by atoms with E-state index in [0.29, 0.717) is 12.4 Å². The van der Waals surface area contributed by atoms with E-state index in [0.717, 1.165) is 16.1 Å². The number of nitriles is 1. The lowest BCUT2D eigenvalue weighted by Gasteiger charge is -2.06. The minimum atomic E-state index is -0.773. The van der Waals surface area contributed by atoms with E-state index in [1.165, 1.54) is 18.3 Å². The predicted octanol–water partition coefficient (Wildman–Crippen LogP) is 3.62. The molecule has 1 N–H and O–H groups in total. The van der Waals surface area contributed by atoms with Crippen molar-refractivity contribution in [3.8, 4) is 11.8 Å². The first kappa shape index (κ1) is 17.6. The van der Waals surface area contributed by atoms with Crippen LogP contribution in [-0.2, 0) is 0 Å². The number of carbonyl (C=O) groups excluding carboxylic acids is 1. The van der Waals surface area contributed by atoms with Crippen molar-refractivity contribution in [3.05, 3.63) is 63.4 Å². The zero-order chi connectivity index (χ0) is 17.5. The molecule has 0 bridgehead atoms. The Labute approximate surface area is 146 Å². The van der Waals surface area contributed by atoms with Gasteiger partial charge >= 0.3 is 0 Å². The molecular formula is C17H13BrFN3O2. The number of benzene rings is 2. The fourth-order valence-electron chi connectivity index (χ4n) is 1.86. The normalized spacial score (nSPS) is 10.4.